The number of aryl methyl sites for hydroxylation is 1. The molecule has 0 spiro atoms. The first-order valence-corrected chi connectivity index (χ1v) is 8.60. The second kappa shape index (κ2) is 7.90. The van der Waals surface area contributed by atoms with E-state index in [0.717, 1.165) is 4.47 Å². The maximum Gasteiger partial charge on any atom is 0.256 e. The molecule has 0 aliphatic heterocycles. The fourth-order valence-corrected chi connectivity index (χ4v) is 2.70. The van der Waals surface area contributed by atoms with Gasteiger partial charge in [0.05, 0.1) is 0 Å². The Balaban J connectivity index is 1.60. The van der Waals surface area contributed by atoms with E-state index in [-0.39, 0.29) is 5.91 Å². The predicted molar refractivity (Wildman–Crippen MR) is 103 cm³/mol. The Bertz CT molecular complexity index is 881. The highest BCUT2D eigenvalue weighted by Gasteiger charge is 2.07. The molecule has 0 saturated heterocycles. The number of halogens is 1. The number of hydrogen-bond donors (Lipinski definition) is 2. The number of anilines is 2. The van der Waals surface area contributed by atoms with Crippen LogP contribution in [-0.4, -0.2) is 16.1 Å². The first-order chi connectivity index (χ1) is 12.1. The van der Waals surface area contributed by atoms with E-state index in [4.69, 9.17) is 0 Å². The lowest BCUT2D eigenvalue weighted by Gasteiger charge is -2.08. The van der Waals surface area contributed by atoms with Crippen LogP contribution in [0.2, 0.25) is 0 Å². The molecule has 0 radical (unpaired) electrons. The molecule has 0 saturated carbocycles. The molecule has 1 heterocycles. The molecular weight excluding hydrogens is 380 g/mol. The Hall–Kier alpha value is -2.73. The van der Waals surface area contributed by atoms with Crippen LogP contribution >= 0.6 is 15.9 Å². The quantitative estimate of drug-likeness (QED) is 0.669. The molecule has 0 atom stereocenters. The average Bonchev–Trinajstić information content (AvgIpc) is 2.62. The van der Waals surface area contributed by atoms with Crippen LogP contribution in [0.5, 0.6) is 0 Å². The van der Waals surface area contributed by atoms with Crippen molar-refractivity contribution in [2.45, 2.75) is 13.5 Å². The highest BCUT2D eigenvalue weighted by atomic mass is 79.9. The molecule has 3 rings (SSSR count). The van der Waals surface area contributed by atoms with Crippen molar-refractivity contribution in [3.05, 3.63) is 81.8 Å². The monoisotopic (exact) mass is 396 g/mol. The van der Waals surface area contributed by atoms with E-state index in [1.54, 1.807) is 24.3 Å². The van der Waals surface area contributed by atoms with Crippen molar-refractivity contribution in [2.24, 2.45) is 0 Å². The molecule has 0 aliphatic rings. The van der Waals surface area contributed by atoms with Crippen molar-refractivity contribution in [2.75, 3.05) is 10.6 Å². The summed E-state index contributed by atoms with van der Waals surface area (Å²) in [6.45, 7) is 2.74. The van der Waals surface area contributed by atoms with E-state index in [9.17, 15) is 4.79 Å². The molecule has 1 amide bonds. The summed E-state index contributed by atoms with van der Waals surface area (Å²) in [4.78, 5) is 12.2. The van der Waals surface area contributed by atoms with Crippen molar-refractivity contribution >= 4 is 33.5 Å². The van der Waals surface area contributed by atoms with Crippen LogP contribution in [0.25, 0.3) is 0 Å². The minimum atomic E-state index is -0.226. The highest BCUT2D eigenvalue weighted by molar-refractivity contribution is 9.10. The van der Waals surface area contributed by atoms with Gasteiger partial charge in [0.2, 0.25) is 0 Å². The maximum absolute atomic E-state index is 12.2. The number of nitrogens with one attached hydrogen (secondary N) is 2. The van der Waals surface area contributed by atoms with Gasteiger partial charge in [-0.15, -0.1) is 10.2 Å². The van der Waals surface area contributed by atoms with Crippen molar-refractivity contribution in [1.82, 2.24) is 10.2 Å². The second-order valence-electron chi connectivity index (χ2n) is 5.55. The molecule has 6 heteroatoms. The number of benzene rings is 2. The molecule has 0 unspecified atom stereocenters. The summed E-state index contributed by atoms with van der Waals surface area (Å²) >= 11 is 3.35. The molecule has 3 aromatic rings. The van der Waals surface area contributed by atoms with Crippen molar-refractivity contribution in [3.63, 3.8) is 0 Å². The topological polar surface area (TPSA) is 66.9 Å². The molecule has 5 nitrogen and oxygen atoms in total. The lowest BCUT2D eigenvalue weighted by Crippen LogP contribution is -2.13. The fourth-order valence-electron chi connectivity index (χ4n) is 2.31. The SMILES string of the molecule is Cc1ccccc1CNc1ccc(NC(=O)c2cccc(Br)c2)nn1. The van der Waals surface area contributed by atoms with Crippen LogP contribution in [0.4, 0.5) is 11.6 Å². The smallest absolute Gasteiger partial charge is 0.256 e. The normalized spacial score (nSPS) is 10.3. The number of rotatable bonds is 5. The van der Waals surface area contributed by atoms with Gasteiger partial charge in [-0.1, -0.05) is 46.3 Å². The number of nitrogens with zero attached hydrogens (tertiary/aromatic N) is 2. The van der Waals surface area contributed by atoms with E-state index < -0.39 is 0 Å². The van der Waals surface area contributed by atoms with Gasteiger partial charge < -0.3 is 10.6 Å². The molecule has 1 aromatic heterocycles. The maximum atomic E-state index is 12.2. The third kappa shape index (κ3) is 4.64. The third-order valence-electron chi connectivity index (χ3n) is 3.71. The first-order valence-electron chi connectivity index (χ1n) is 7.81. The van der Waals surface area contributed by atoms with E-state index in [1.807, 2.05) is 24.3 Å². The van der Waals surface area contributed by atoms with Crippen LogP contribution < -0.4 is 10.6 Å². The zero-order chi connectivity index (χ0) is 17.6. The van der Waals surface area contributed by atoms with Crippen LogP contribution in [0.15, 0.2) is 65.1 Å². The summed E-state index contributed by atoms with van der Waals surface area (Å²) in [7, 11) is 0. The molecule has 2 aromatic carbocycles. The summed E-state index contributed by atoms with van der Waals surface area (Å²) < 4.78 is 0.849. The van der Waals surface area contributed by atoms with Gasteiger partial charge in [0.25, 0.3) is 5.91 Å². The number of carbonyl (C=O) groups excluding carboxylic acids is 1. The Kier molecular flexibility index (Phi) is 5.40. The van der Waals surface area contributed by atoms with Crippen molar-refractivity contribution in [1.29, 1.82) is 0 Å². The van der Waals surface area contributed by atoms with Gasteiger partial charge in [-0.2, -0.15) is 0 Å². The summed E-state index contributed by atoms with van der Waals surface area (Å²) in [5.74, 6) is 0.839. The summed E-state index contributed by atoms with van der Waals surface area (Å²) in [5.41, 5.74) is 2.98. The molecular formula is C19H17BrN4O. The summed E-state index contributed by atoms with van der Waals surface area (Å²) in [5, 5.41) is 14.1. The Morgan fingerprint density at radius 2 is 1.76 bits per heavy atom. The number of hydrogen-bond acceptors (Lipinski definition) is 4. The van der Waals surface area contributed by atoms with Gasteiger partial charge in [-0.3, -0.25) is 4.79 Å². The summed E-state index contributed by atoms with van der Waals surface area (Å²) in [6, 6.07) is 18.9. The molecule has 2 N–H and O–H groups in total. The molecule has 0 bridgehead atoms. The van der Waals surface area contributed by atoms with Crippen molar-refractivity contribution in [3.8, 4) is 0 Å². The van der Waals surface area contributed by atoms with Gasteiger partial charge in [-0.25, -0.2) is 0 Å². The Morgan fingerprint density at radius 3 is 2.48 bits per heavy atom. The zero-order valence-corrected chi connectivity index (χ0v) is 15.2. The second-order valence-corrected chi connectivity index (χ2v) is 6.46. The van der Waals surface area contributed by atoms with Crippen LogP contribution in [0.1, 0.15) is 21.5 Å². The standard InChI is InChI=1S/C19H17BrN4O/c1-13-5-2-3-6-15(13)12-21-17-9-10-18(24-23-17)22-19(25)14-7-4-8-16(20)11-14/h2-11H,12H2,1H3,(H,21,23)(H,22,24,25). The Labute approximate surface area is 154 Å². The van der Waals surface area contributed by atoms with Gasteiger partial charge in [0.15, 0.2) is 5.82 Å². The molecule has 126 valence electrons. The minimum absolute atomic E-state index is 0.226. The largest absolute Gasteiger partial charge is 0.364 e. The average molecular weight is 397 g/mol. The third-order valence-corrected chi connectivity index (χ3v) is 4.21. The van der Waals surface area contributed by atoms with E-state index in [1.165, 1.54) is 11.1 Å². The zero-order valence-electron chi connectivity index (χ0n) is 13.7. The first kappa shape index (κ1) is 17.1. The van der Waals surface area contributed by atoms with Crippen LogP contribution in [-0.2, 0) is 6.54 Å². The molecule has 0 fully saturated rings. The highest BCUT2D eigenvalue weighted by Crippen LogP contribution is 2.14. The Morgan fingerprint density at radius 1 is 1.00 bits per heavy atom. The van der Waals surface area contributed by atoms with Gasteiger partial charge >= 0.3 is 0 Å². The minimum Gasteiger partial charge on any atom is -0.364 e. The van der Waals surface area contributed by atoms with Crippen LogP contribution in [0.3, 0.4) is 0 Å². The van der Waals surface area contributed by atoms with Crippen LogP contribution in [0, 0.1) is 6.92 Å². The van der Waals surface area contributed by atoms with E-state index in [2.05, 4.69) is 55.8 Å². The number of amides is 1. The lowest BCUT2D eigenvalue weighted by molar-refractivity contribution is 0.102. The molecule has 25 heavy (non-hydrogen) atoms. The van der Waals surface area contributed by atoms with Gasteiger partial charge in [0, 0.05) is 16.6 Å². The number of aromatic nitrogens is 2. The van der Waals surface area contributed by atoms with E-state index >= 15 is 0 Å². The fraction of sp³-hybridized carbons (Fsp3) is 0.105. The predicted octanol–water partition coefficient (Wildman–Crippen LogP) is 4.41. The van der Waals surface area contributed by atoms with Crippen molar-refractivity contribution < 1.29 is 4.79 Å². The van der Waals surface area contributed by atoms with Gasteiger partial charge in [0.1, 0.15) is 5.82 Å². The summed E-state index contributed by atoms with van der Waals surface area (Å²) in [6.07, 6.45) is 0. The lowest BCUT2D eigenvalue weighted by atomic mass is 10.1. The van der Waals surface area contributed by atoms with E-state index in [0.29, 0.717) is 23.7 Å². The van der Waals surface area contributed by atoms with Gasteiger partial charge in [-0.05, 0) is 48.4 Å². The molecule has 0 aliphatic carbocycles. The number of carbonyl (C=O) groups is 1.